The van der Waals surface area contributed by atoms with Gasteiger partial charge < -0.3 is 20.7 Å². The molecule has 1 amide bonds. The predicted octanol–water partition coefficient (Wildman–Crippen LogP) is 3.14. The van der Waals surface area contributed by atoms with Gasteiger partial charge in [0.15, 0.2) is 0 Å². The third-order valence-corrected chi connectivity index (χ3v) is 5.53. The number of nitrogens with one attached hydrogen (secondary N) is 1. The highest BCUT2D eigenvalue weighted by Gasteiger charge is 2.39. The molecule has 148 valence electrons. The molecule has 7 heteroatoms. The smallest absolute Gasteiger partial charge is 0.225 e. The maximum absolute atomic E-state index is 12.7. The number of methoxy groups -OCH3 is 1. The Bertz CT molecular complexity index is 598. The predicted molar refractivity (Wildman–Crippen MR) is 111 cm³/mol. The average Bonchev–Trinajstić information content (AvgIpc) is 3.02. The summed E-state index contributed by atoms with van der Waals surface area (Å²) in [5, 5.41) is 3.24. The molecule has 26 heavy (non-hydrogen) atoms. The fraction of sp³-hybridized carbons (Fsp3) is 0.632. The molecule has 0 aromatic heterocycles. The molecule has 1 heterocycles. The molecule has 1 aliphatic carbocycles. The van der Waals surface area contributed by atoms with E-state index in [0.717, 1.165) is 56.6 Å². The summed E-state index contributed by atoms with van der Waals surface area (Å²) in [4.78, 5) is 15.0. The number of nitrogens with two attached hydrogens (primary N) is 1. The summed E-state index contributed by atoms with van der Waals surface area (Å²) in [6.07, 6.45) is 5.02. The molecule has 1 aromatic carbocycles. The van der Waals surface area contributed by atoms with Crippen LogP contribution in [0, 0.1) is 5.92 Å². The molecule has 3 unspecified atom stereocenters. The van der Waals surface area contributed by atoms with Gasteiger partial charge in [-0.05, 0) is 38.3 Å². The summed E-state index contributed by atoms with van der Waals surface area (Å²) in [6, 6.07) is 8.22. The lowest BCUT2D eigenvalue weighted by molar-refractivity contribution is -0.128. The van der Waals surface area contributed by atoms with Crippen LogP contribution in [0.25, 0.3) is 0 Å². The van der Waals surface area contributed by atoms with E-state index in [4.69, 9.17) is 10.5 Å². The van der Waals surface area contributed by atoms with Crippen LogP contribution in [0.1, 0.15) is 39.0 Å². The molecule has 1 aliphatic heterocycles. The van der Waals surface area contributed by atoms with Crippen molar-refractivity contribution in [2.75, 3.05) is 25.1 Å². The van der Waals surface area contributed by atoms with Gasteiger partial charge >= 0.3 is 0 Å². The Kier molecular flexibility index (Phi) is 8.51. The Morgan fingerprint density at radius 2 is 2.00 bits per heavy atom. The summed E-state index contributed by atoms with van der Waals surface area (Å²) < 4.78 is 5.45. The summed E-state index contributed by atoms with van der Waals surface area (Å²) in [6.45, 7) is 3.77. The van der Waals surface area contributed by atoms with Crippen LogP contribution in [0.4, 0.5) is 5.69 Å². The van der Waals surface area contributed by atoms with Gasteiger partial charge in [0.05, 0.1) is 18.7 Å². The number of halogens is 2. The van der Waals surface area contributed by atoms with Crippen molar-refractivity contribution in [3.8, 4) is 5.75 Å². The minimum Gasteiger partial charge on any atom is -0.495 e. The first kappa shape index (κ1) is 22.9. The number of hydrogen-bond donors (Lipinski definition) is 2. The fourth-order valence-corrected chi connectivity index (χ4v) is 4.08. The Balaban J connectivity index is 0.00000169. The first-order valence-electron chi connectivity index (χ1n) is 8.98. The zero-order valence-corrected chi connectivity index (χ0v) is 17.2. The molecule has 3 rings (SSSR count). The van der Waals surface area contributed by atoms with Gasteiger partial charge in [-0.3, -0.25) is 4.79 Å². The van der Waals surface area contributed by atoms with Gasteiger partial charge in [-0.2, -0.15) is 0 Å². The zero-order chi connectivity index (χ0) is 17.2. The number of benzene rings is 1. The summed E-state index contributed by atoms with van der Waals surface area (Å²) >= 11 is 0. The van der Waals surface area contributed by atoms with E-state index in [1.807, 2.05) is 25.1 Å². The van der Waals surface area contributed by atoms with E-state index >= 15 is 0 Å². The molecule has 1 saturated heterocycles. The second-order valence-electron chi connectivity index (χ2n) is 7.42. The summed E-state index contributed by atoms with van der Waals surface area (Å²) in [7, 11) is 1.69. The van der Waals surface area contributed by atoms with Crippen LogP contribution in [0.5, 0.6) is 5.75 Å². The lowest BCUT2D eigenvalue weighted by Crippen LogP contribution is -2.54. The molecule has 0 radical (unpaired) electrons. The van der Waals surface area contributed by atoms with Crippen LogP contribution in [0.3, 0.4) is 0 Å². The van der Waals surface area contributed by atoms with E-state index in [1.165, 1.54) is 0 Å². The lowest BCUT2D eigenvalue weighted by Gasteiger charge is -2.37. The minimum atomic E-state index is -0.372. The normalized spacial score (nSPS) is 27.9. The lowest BCUT2D eigenvalue weighted by atomic mass is 9.74. The van der Waals surface area contributed by atoms with Crippen molar-refractivity contribution in [2.45, 2.75) is 50.6 Å². The maximum atomic E-state index is 12.7. The van der Waals surface area contributed by atoms with Gasteiger partial charge in [0.2, 0.25) is 5.91 Å². The third kappa shape index (κ3) is 4.96. The van der Waals surface area contributed by atoms with Gasteiger partial charge in [0.1, 0.15) is 5.75 Å². The monoisotopic (exact) mass is 403 g/mol. The van der Waals surface area contributed by atoms with Gasteiger partial charge in [-0.1, -0.05) is 25.0 Å². The number of nitrogens with zero attached hydrogens (tertiary/aromatic N) is 1. The van der Waals surface area contributed by atoms with E-state index in [1.54, 1.807) is 7.11 Å². The third-order valence-electron chi connectivity index (χ3n) is 5.53. The molecule has 1 aromatic rings. The number of hydrogen-bond acceptors (Lipinski definition) is 4. The van der Waals surface area contributed by atoms with Crippen molar-refractivity contribution in [3.05, 3.63) is 24.3 Å². The van der Waals surface area contributed by atoms with Gasteiger partial charge in [0, 0.05) is 24.7 Å². The van der Waals surface area contributed by atoms with Crippen LogP contribution in [0.15, 0.2) is 24.3 Å². The highest BCUT2D eigenvalue weighted by atomic mass is 35.5. The largest absolute Gasteiger partial charge is 0.495 e. The number of para-hydroxylation sites is 2. The van der Waals surface area contributed by atoms with Gasteiger partial charge in [-0.15, -0.1) is 24.8 Å². The SMILES string of the molecule is COc1ccccc1N1CCC(NC(=O)C2CCCCC2(C)N)C1.Cl.Cl. The number of ether oxygens (including phenoxy) is 1. The zero-order valence-electron chi connectivity index (χ0n) is 15.6. The number of carbonyl (C=O) groups is 1. The van der Waals surface area contributed by atoms with E-state index in [0.29, 0.717) is 0 Å². The minimum absolute atomic E-state index is 0. The average molecular weight is 404 g/mol. The van der Waals surface area contributed by atoms with Crippen LogP contribution < -0.4 is 20.7 Å². The first-order chi connectivity index (χ1) is 11.5. The van der Waals surface area contributed by atoms with Crippen molar-refractivity contribution in [3.63, 3.8) is 0 Å². The molecule has 3 N–H and O–H groups in total. The number of anilines is 1. The molecule has 1 saturated carbocycles. The molecule has 2 aliphatic rings. The maximum Gasteiger partial charge on any atom is 0.225 e. The van der Waals surface area contributed by atoms with E-state index in [9.17, 15) is 4.79 Å². The van der Waals surface area contributed by atoms with Crippen LogP contribution >= 0.6 is 24.8 Å². The molecular weight excluding hydrogens is 373 g/mol. The fourth-order valence-electron chi connectivity index (χ4n) is 4.08. The van der Waals surface area contributed by atoms with Crippen molar-refractivity contribution in [1.82, 2.24) is 5.32 Å². The molecule has 3 atom stereocenters. The van der Waals surface area contributed by atoms with E-state index in [-0.39, 0.29) is 48.2 Å². The van der Waals surface area contributed by atoms with Crippen LogP contribution in [-0.4, -0.2) is 37.7 Å². The summed E-state index contributed by atoms with van der Waals surface area (Å²) in [5.74, 6) is 0.949. The number of rotatable bonds is 4. The standard InChI is InChI=1S/C19H29N3O2.2ClH/c1-19(20)11-6-5-7-15(19)18(23)21-14-10-12-22(13-14)16-8-3-4-9-17(16)24-2;;/h3-4,8-9,14-15H,5-7,10-13,20H2,1-2H3,(H,21,23);2*1H. The van der Waals surface area contributed by atoms with E-state index in [2.05, 4.69) is 16.3 Å². The van der Waals surface area contributed by atoms with Crippen LogP contribution in [-0.2, 0) is 4.79 Å². The van der Waals surface area contributed by atoms with Crippen molar-refractivity contribution >= 4 is 36.4 Å². The van der Waals surface area contributed by atoms with Crippen molar-refractivity contribution in [1.29, 1.82) is 0 Å². The number of amides is 1. The van der Waals surface area contributed by atoms with Crippen LogP contribution in [0.2, 0.25) is 0 Å². The summed E-state index contributed by atoms with van der Waals surface area (Å²) in [5.41, 5.74) is 7.09. The Morgan fingerprint density at radius 3 is 2.69 bits per heavy atom. The first-order valence-corrected chi connectivity index (χ1v) is 8.98. The number of carbonyl (C=O) groups excluding carboxylic acids is 1. The Morgan fingerprint density at radius 1 is 1.27 bits per heavy atom. The second-order valence-corrected chi connectivity index (χ2v) is 7.42. The van der Waals surface area contributed by atoms with E-state index < -0.39 is 0 Å². The van der Waals surface area contributed by atoms with Crippen molar-refractivity contribution < 1.29 is 9.53 Å². The highest BCUT2D eigenvalue weighted by molar-refractivity contribution is 5.85. The molecular formula is C19H31Cl2N3O2. The van der Waals surface area contributed by atoms with Crippen molar-refractivity contribution in [2.24, 2.45) is 11.7 Å². The Hall–Kier alpha value is -1.17. The van der Waals surface area contributed by atoms with Gasteiger partial charge in [0.25, 0.3) is 0 Å². The topological polar surface area (TPSA) is 67.6 Å². The second kappa shape index (κ2) is 9.67. The van der Waals surface area contributed by atoms with Gasteiger partial charge in [-0.25, -0.2) is 0 Å². The molecule has 0 spiro atoms. The molecule has 0 bridgehead atoms. The molecule has 2 fully saturated rings. The highest BCUT2D eigenvalue weighted by Crippen LogP contribution is 2.33. The Labute approximate surface area is 168 Å². The quantitative estimate of drug-likeness (QED) is 0.809. The molecule has 5 nitrogen and oxygen atoms in total.